The number of carbonyl (C=O) groups excluding carboxylic acids is 1. The van der Waals surface area contributed by atoms with Crippen LogP contribution in [0.25, 0.3) is 6.08 Å². The predicted octanol–water partition coefficient (Wildman–Crippen LogP) is 3.16. The molecule has 0 bridgehead atoms. The Balaban J connectivity index is 3.03. The minimum atomic E-state index is -0.770. The zero-order valence-corrected chi connectivity index (χ0v) is 10.1. The van der Waals surface area contributed by atoms with Gasteiger partial charge in [-0.15, -0.1) is 0 Å². The highest BCUT2D eigenvalue weighted by atomic mass is 16.6. The summed E-state index contributed by atoms with van der Waals surface area (Å²) in [4.78, 5) is 11.8. The lowest BCUT2D eigenvalue weighted by molar-refractivity contribution is 0.0172. The molecule has 0 unspecified atom stereocenters. The average molecular weight is 232 g/mol. The summed E-state index contributed by atoms with van der Waals surface area (Å²) in [7, 11) is 0. The van der Waals surface area contributed by atoms with Gasteiger partial charge < -0.3 is 9.84 Å². The van der Waals surface area contributed by atoms with Crippen LogP contribution in [-0.4, -0.2) is 16.7 Å². The van der Waals surface area contributed by atoms with Gasteiger partial charge in [-0.05, 0) is 37.6 Å². The molecule has 0 aromatic heterocycles. The lowest BCUT2D eigenvalue weighted by Gasteiger charge is -2.21. The van der Waals surface area contributed by atoms with E-state index in [1.165, 1.54) is 18.2 Å². The molecule has 0 saturated carbocycles. The van der Waals surface area contributed by atoms with E-state index < -0.39 is 11.6 Å². The van der Waals surface area contributed by atoms with Crippen LogP contribution in [0, 0.1) is 0 Å². The van der Waals surface area contributed by atoms with E-state index in [4.69, 9.17) is 4.74 Å². The van der Waals surface area contributed by atoms with Crippen LogP contribution in [0.2, 0.25) is 0 Å². The van der Waals surface area contributed by atoms with Crippen molar-refractivity contribution >= 4 is 12.0 Å². The van der Waals surface area contributed by atoms with Crippen molar-refractivity contribution in [3.8, 4) is 5.75 Å². The SMILES string of the molecule is C=Cc1ccc(O)c(C(=O)OC(C)(C)C=C)c1. The Morgan fingerprint density at radius 1 is 1.41 bits per heavy atom. The van der Waals surface area contributed by atoms with Gasteiger partial charge in [0.15, 0.2) is 0 Å². The zero-order valence-electron chi connectivity index (χ0n) is 10.1. The third kappa shape index (κ3) is 3.21. The lowest BCUT2D eigenvalue weighted by Crippen LogP contribution is -2.25. The van der Waals surface area contributed by atoms with Gasteiger partial charge in [0.25, 0.3) is 0 Å². The summed E-state index contributed by atoms with van der Waals surface area (Å²) in [6.45, 7) is 10.6. The van der Waals surface area contributed by atoms with E-state index in [0.717, 1.165) is 5.56 Å². The highest BCUT2D eigenvalue weighted by molar-refractivity contribution is 5.93. The fraction of sp³-hybridized carbons (Fsp3) is 0.214. The van der Waals surface area contributed by atoms with E-state index in [9.17, 15) is 9.90 Å². The van der Waals surface area contributed by atoms with Crippen molar-refractivity contribution in [3.05, 3.63) is 48.6 Å². The summed E-state index contributed by atoms with van der Waals surface area (Å²) >= 11 is 0. The maximum Gasteiger partial charge on any atom is 0.342 e. The van der Waals surface area contributed by atoms with E-state index >= 15 is 0 Å². The molecule has 90 valence electrons. The van der Waals surface area contributed by atoms with Crippen molar-refractivity contribution in [2.24, 2.45) is 0 Å². The van der Waals surface area contributed by atoms with Crippen LogP contribution in [0.4, 0.5) is 0 Å². The normalized spacial score (nSPS) is 10.7. The molecule has 0 aliphatic carbocycles. The zero-order chi connectivity index (χ0) is 13.1. The quantitative estimate of drug-likeness (QED) is 0.640. The van der Waals surface area contributed by atoms with Crippen LogP contribution in [0.1, 0.15) is 29.8 Å². The standard InChI is InChI=1S/C14H16O3/c1-5-10-7-8-12(15)11(9-10)13(16)17-14(3,4)6-2/h5-9,15H,1-2H2,3-4H3. The van der Waals surface area contributed by atoms with Gasteiger partial charge in [-0.3, -0.25) is 0 Å². The molecule has 0 radical (unpaired) electrons. The maximum absolute atomic E-state index is 11.8. The molecule has 1 rings (SSSR count). The van der Waals surface area contributed by atoms with Gasteiger partial charge in [0.1, 0.15) is 16.9 Å². The van der Waals surface area contributed by atoms with Crippen molar-refractivity contribution in [2.45, 2.75) is 19.4 Å². The topological polar surface area (TPSA) is 46.5 Å². The molecule has 0 aliphatic rings. The summed E-state index contributed by atoms with van der Waals surface area (Å²) in [5, 5.41) is 9.61. The number of esters is 1. The van der Waals surface area contributed by atoms with Gasteiger partial charge in [0, 0.05) is 0 Å². The van der Waals surface area contributed by atoms with Crippen LogP contribution >= 0.6 is 0 Å². The lowest BCUT2D eigenvalue weighted by atomic mass is 10.1. The minimum Gasteiger partial charge on any atom is -0.507 e. The summed E-state index contributed by atoms with van der Waals surface area (Å²) in [5.74, 6) is -0.698. The Morgan fingerprint density at radius 3 is 2.59 bits per heavy atom. The summed E-state index contributed by atoms with van der Waals surface area (Å²) < 4.78 is 5.20. The number of benzene rings is 1. The molecule has 1 N–H and O–H groups in total. The number of carbonyl (C=O) groups is 1. The van der Waals surface area contributed by atoms with Gasteiger partial charge in [-0.2, -0.15) is 0 Å². The molecule has 1 aromatic carbocycles. The first-order valence-corrected chi connectivity index (χ1v) is 5.22. The predicted molar refractivity (Wildman–Crippen MR) is 67.9 cm³/mol. The second-order valence-electron chi connectivity index (χ2n) is 4.18. The van der Waals surface area contributed by atoms with Crippen LogP contribution in [0.3, 0.4) is 0 Å². The molecule has 0 aliphatic heterocycles. The number of phenolic OH excluding ortho intramolecular Hbond substituents is 1. The highest BCUT2D eigenvalue weighted by Gasteiger charge is 2.22. The molecule has 0 spiro atoms. The first-order valence-electron chi connectivity index (χ1n) is 5.22. The fourth-order valence-electron chi connectivity index (χ4n) is 1.18. The Morgan fingerprint density at radius 2 is 2.06 bits per heavy atom. The number of aromatic hydroxyl groups is 1. The molecule has 0 atom stereocenters. The third-order valence-electron chi connectivity index (χ3n) is 2.32. The molecular weight excluding hydrogens is 216 g/mol. The van der Waals surface area contributed by atoms with Gasteiger partial charge in [-0.25, -0.2) is 4.79 Å². The Bertz CT molecular complexity index is 459. The van der Waals surface area contributed by atoms with Gasteiger partial charge >= 0.3 is 5.97 Å². The summed E-state index contributed by atoms with van der Waals surface area (Å²) in [6.07, 6.45) is 3.12. The van der Waals surface area contributed by atoms with Crippen LogP contribution in [0.5, 0.6) is 5.75 Å². The number of hydrogen-bond acceptors (Lipinski definition) is 3. The highest BCUT2D eigenvalue weighted by Crippen LogP contribution is 2.22. The van der Waals surface area contributed by atoms with Crippen molar-refractivity contribution in [2.75, 3.05) is 0 Å². The monoisotopic (exact) mass is 232 g/mol. The number of hydrogen-bond donors (Lipinski definition) is 1. The van der Waals surface area contributed by atoms with Crippen molar-refractivity contribution < 1.29 is 14.6 Å². The Kier molecular flexibility index (Phi) is 3.73. The van der Waals surface area contributed by atoms with Crippen molar-refractivity contribution in [1.29, 1.82) is 0 Å². The van der Waals surface area contributed by atoms with Crippen molar-refractivity contribution in [1.82, 2.24) is 0 Å². The molecule has 17 heavy (non-hydrogen) atoms. The second-order valence-corrected chi connectivity index (χ2v) is 4.18. The van der Waals surface area contributed by atoms with Crippen LogP contribution < -0.4 is 0 Å². The van der Waals surface area contributed by atoms with Gasteiger partial charge in [0.2, 0.25) is 0 Å². The van der Waals surface area contributed by atoms with E-state index in [-0.39, 0.29) is 11.3 Å². The average Bonchev–Trinajstić information content (AvgIpc) is 2.29. The first-order chi connectivity index (χ1) is 7.89. The Hall–Kier alpha value is -2.03. The molecule has 3 nitrogen and oxygen atoms in total. The van der Waals surface area contributed by atoms with E-state index in [2.05, 4.69) is 13.2 Å². The van der Waals surface area contributed by atoms with Crippen molar-refractivity contribution in [3.63, 3.8) is 0 Å². The molecule has 1 aromatic rings. The summed E-state index contributed by atoms with van der Waals surface area (Å²) in [5.41, 5.74) is 0.0942. The first kappa shape index (κ1) is 13.0. The fourth-order valence-corrected chi connectivity index (χ4v) is 1.18. The van der Waals surface area contributed by atoms with Gasteiger partial charge in [-0.1, -0.05) is 25.3 Å². The number of phenols is 1. The molecule has 0 saturated heterocycles. The summed E-state index contributed by atoms with van der Waals surface area (Å²) in [6, 6.07) is 4.64. The maximum atomic E-state index is 11.8. The van der Waals surface area contributed by atoms with Crippen LogP contribution in [-0.2, 0) is 4.74 Å². The number of ether oxygens (including phenoxy) is 1. The molecule has 0 fully saturated rings. The molecule has 3 heteroatoms. The molecule has 0 amide bonds. The van der Waals surface area contributed by atoms with E-state index in [1.54, 1.807) is 26.0 Å². The second kappa shape index (κ2) is 4.87. The smallest absolute Gasteiger partial charge is 0.342 e. The Labute approximate surface area is 101 Å². The molecule has 0 heterocycles. The largest absolute Gasteiger partial charge is 0.507 e. The van der Waals surface area contributed by atoms with E-state index in [0.29, 0.717) is 0 Å². The van der Waals surface area contributed by atoms with E-state index in [1.807, 2.05) is 0 Å². The van der Waals surface area contributed by atoms with Crippen LogP contribution in [0.15, 0.2) is 37.4 Å². The third-order valence-corrected chi connectivity index (χ3v) is 2.32. The molecular formula is C14H16O3. The minimum absolute atomic E-state index is 0.111. The van der Waals surface area contributed by atoms with Gasteiger partial charge in [0.05, 0.1) is 0 Å². The number of rotatable bonds is 4.